The van der Waals surface area contributed by atoms with Crippen LogP contribution in [0.25, 0.3) is 0 Å². The zero-order valence-electron chi connectivity index (χ0n) is 16.0. The summed E-state index contributed by atoms with van der Waals surface area (Å²) in [6, 6.07) is 11.0. The number of rotatable bonds is 5. The van der Waals surface area contributed by atoms with Gasteiger partial charge in [-0.2, -0.15) is 0 Å². The fourth-order valence-corrected chi connectivity index (χ4v) is 4.24. The van der Waals surface area contributed by atoms with E-state index in [1.54, 1.807) is 0 Å². The van der Waals surface area contributed by atoms with E-state index < -0.39 is 0 Å². The van der Waals surface area contributed by atoms with E-state index in [0.717, 1.165) is 23.7 Å². The molecule has 1 aromatic rings. The van der Waals surface area contributed by atoms with Crippen LogP contribution < -0.4 is 0 Å². The largest absolute Gasteiger partial charge is 0.0842 e. The fourth-order valence-electron chi connectivity index (χ4n) is 4.24. The van der Waals surface area contributed by atoms with Crippen LogP contribution in [0.2, 0.25) is 0 Å². The van der Waals surface area contributed by atoms with Crippen molar-refractivity contribution < 1.29 is 0 Å². The first-order valence-electron chi connectivity index (χ1n) is 9.59. The van der Waals surface area contributed by atoms with Crippen molar-refractivity contribution in [3.63, 3.8) is 0 Å². The van der Waals surface area contributed by atoms with Crippen LogP contribution in [0.3, 0.4) is 0 Å². The first-order chi connectivity index (χ1) is 10.8. The Balaban J connectivity index is 2.26. The van der Waals surface area contributed by atoms with Crippen LogP contribution in [0.4, 0.5) is 0 Å². The maximum Gasteiger partial charge on any atom is 0.0127 e. The summed E-state index contributed by atoms with van der Waals surface area (Å²) in [5.74, 6) is 3.87. The van der Waals surface area contributed by atoms with Crippen molar-refractivity contribution in [1.82, 2.24) is 0 Å². The molecule has 0 bridgehead atoms. The molecule has 0 heteroatoms. The summed E-state index contributed by atoms with van der Waals surface area (Å²) in [5.41, 5.74) is 1.57. The predicted octanol–water partition coefficient (Wildman–Crippen LogP) is 6.86. The number of allylic oxidation sites excluding steroid dienone is 2. The van der Waals surface area contributed by atoms with Crippen LogP contribution in [0.15, 0.2) is 42.5 Å². The van der Waals surface area contributed by atoms with Gasteiger partial charge in [-0.25, -0.2) is 0 Å². The molecule has 23 heavy (non-hydrogen) atoms. The molecule has 2 rings (SSSR count). The van der Waals surface area contributed by atoms with Gasteiger partial charge in [-0.3, -0.25) is 0 Å². The molecule has 0 heterocycles. The quantitative estimate of drug-likeness (QED) is 0.521. The van der Waals surface area contributed by atoms with E-state index in [4.69, 9.17) is 0 Å². The molecule has 0 nitrogen and oxygen atoms in total. The molecule has 1 fully saturated rings. The molecule has 128 valence electrons. The lowest BCUT2D eigenvalue weighted by Crippen LogP contribution is -2.29. The lowest BCUT2D eigenvalue weighted by molar-refractivity contribution is 0.177. The van der Waals surface area contributed by atoms with Crippen LogP contribution in [-0.4, -0.2) is 0 Å². The van der Waals surface area contributed by atoms with Gasteiger partial charge in [0.05, 0.1) is 0 Å². The fraction of sp³-hybridized carbons (Fsp3) is 0.652. The number of hydrogen-bond acceptors (Lipinski definition) is 0. The van der Waals surface area contributed by atoms with Crippen LogP contribution in [-0.2, 0) is 5.41 Å². The molecule has 0 unspecified atom stereocenters. The standard InChI is InChI=1S/C23H36/c1-17(2)22-13-12-19(5)16-20(22)14-15-23(6,18(3)4)21-10-8-7-9-11-21/h7-11,14-15,17-20,22H,12-13,16H2,1-6H3/t19-,20-,22-,23+/m1/s1. The van der Waals surface area contributed by atoms with Gasteiger partial charge in [0, 0.05) is 5.41 Å². The molecule has 0 amide bonds. The van der Waals surface area contributed by atoms with E-state index in [9.17, 15) is 0 Å². The summed E-state index contributed by atoms with van der Waals surface area (Å²) in [7, 11) is 0. The molecule has 0 radical (unpaired) electrons. The Morgan fingerprint density at radius 3 is 2.26 bits per heavy atom. The van der Waals surface area contributed by atoms with E-state index >= 15 is 0 Å². The maximum absolute atomic E-state index is 2.58. The second-order valence-corrected chi connectivity index (χ2v) is 8.65. The molecule has 0 saturated heterocycles. The van der Waals surface area contributed by atoms with E-state index in [-0.39, 0.29) is 5.41 Å². The highest BCUT2D eigenvalue weighted by molar-refractivity contribution is 5.31. The van der Waals surface area contributed by atoms with Crippen LogP contribution in [0, 0.1) is 29.6 Å². The minimum Gasteiger partial charge on any atom is -0.0842 e. The molecule has 0 aliphatic heterocycles. The van der Waals surface area contributed by atoms with Crippen molar-refractivity contribution in [3.05, 3.63) is 48.0 Å². The van der Waals surface area contributed by atoms with Gasteiger partial charge in [-0.05, 0) is 48.0 Å². The highest BCUT2D eigenvalue weighted by atomic mass is 14.4. The van der Waals surface area contributed by atoms with Gasteiger partial charge in [0.2, 0.25) is 0 Å². The zero-order chi connectivity index (χ0) is 17.0. The Morgan fingerprint density at radius 1 is 1.04 bits per heavy atom. The van der Waals surface area contributed by atoms with Crippen LogP contribution in [0.1, 0.15) is 66.4 Å². The topological polar surface area (TPSA) is 0 Å². The van der Waals surface area contributed by atoms with Gasteiger partial charge in [-0.1, -0.05) is 90.4 Å². The SMILES string of the molecule is CC(C)[C@H]1CC[C@@H](C)C[C@H]1C=C[C@](C)(c1ccccc1)C(C)C. The van der Waals surface area contributed by atoms with E-state index in [1.165, 1.54) is 24.8 Å². The normalized spacial score (nSPS) is 28.4. The van der Waals surface area contributed by atoms with E-state index in [0.29, 0.717) is 5.92 Å². The smallest absolute Gasteiger partial charge is 0.0127 e. The van der Waals surface area contributed by atoms with Crippen molar-refractivity contribution in [1.29, 1.82) is 0 Å². The van der Waals surface area contributed by atoms with E-state index in [2.05, 4.69) is 84.0 Å². The first kappa shape index (κ1) is 18.3. The Morgan fingerprint density at radius 2 is 1.70 bits per heavy atom. The van der Waals surface area contributed by atoms with Crippen LogP contribution in [0.5, 0.6) is 0 Å². The van der Waals surface area contributed by atoms with Gasteiger partial charge in [0.1, 0.15) is 0 Å². The summed E-state index contributed by atoms with van der Waals surface area (Å²) >= 11 is 0. The van der Waals surface area contributed by atoms with Gasteiger partial charge >= 0.3 is 0 Å². The first-order valence-corrected chi connectivity index (χ1v) is 9.59. The highest BCUT2D eigenvalue weighted by Crippen LogP contribution is 2.40. The Kier molecular flexibility index (Phi) is 6.12. The number of hydrogen-bond donors (Lipinski definition) is 0. The Hall–Kier alpha value is -1.04. The minimum absolute atomic E-state index is 0.128. The summed E-state index contributed by atoms with van der Waals surface area (Å²) in [6.45, 7) is 14.3. The van der Waals surface area contributed by atoms with Crippen LogP contribution >= 0.6 is 0 Å². The molecule has 1 saturated carbocycles. The molecule has 0 aromatic heterocycles. The average Bonchev–Trinajstić information content (AvgIpc) is 2.53. The van der Waals surface area contributed by atoms with Crippen molar-refractivity contribution in [2.45, 2.75) is 66.2 Å². The third-order valence-corrected chi connectivity index (χ3v) is 6.36. The lowest BCUT2D eigenvalue weighted by atomic mass is 9.68. The molecule has 4 atom stereocenters. The van der Waals surface area contributed by atoms with Gasteiger partial charge in [-0.15, -0.1) is 0 Å². The Labute approximate surface area is 144 Å². The second kappa shape index (κ2) is 7.69. The monoisotopic (exact) mass is 312 g/mol. The van der Waals surface area contributed by atoms with Gasteiger partial charge < -0.3 is 0 Å². The summed E-state index contributed by atoms with van der Waals surface area (Å²) in [6.07, 6.45) is 9.28. The summed E-state index contributed by atoms with van der Waals surface area (Å²) in [5, 5.41) is 0. The molecule has 0 N–H and O–H groups in total. The van der Waals surface area contributed by atoms with Crippen molar-refractivity contribution in [2.75, 3.05) is 0 Å². The Bertz CT molecular complexity index is 496. The molecule has 1 aromatic carbocycles. The third-order valence-electron chi connectivity index (χ3n) is 6.36. The minimum atomic E-state index is 0.128. The second-order valence-electron chi connectivity index (χ2n) is 8.65. The van der Waals surface area contributed by atoms with Crippen molar-refractivity contribution >= 4 is 0 Å². The van der Waals surface area contributed by atoms with E-state index in [1.807, 2.05) is 0 Å². The molecular formula is C23H36. The van der Waals surface area contributed by atoms with Crippen molar-refractivity contribution in [2.24, 2.45) is 29.6 Å². The lowest BCUT2D eigenvalue weighted by Gasteiger charge is -2.37. The predicted molar refractivity (Wildman–Crippen MR) is 103 cm³/mol. The van der Waals surface area contributed by atoms with Gasteiger partial charge in [0.25, 0.3) is 0 Å². The van der Waals surface area contributed by atoms with Gasteiger partial charge in [0.15, 0.2) is 0 Å². The molecular weight excluding hydrogens is 276 g/mol. The average molecular weight is 313 g/mol. The van der Waals surface area contributed by atoms with Crippen molar-refractivity contribution in [3.8, 4) is 0 Å². The zero-order valence-corrected chi connectivity index (χ0v) is 16.0. The summed E-state index contributed by atoms with van der Waals surface area (Å²) < 4.78 is 0. The third kappa shape index (κ3) is 4.28. The maximum atomic E-state index is 2.58. The molecule has 0 spiro atoms. The molecule has 1 aliphatic carbocycles. The molecule has 1 aliphatic rings. The number of benzene rings is 1. The highest BCUT2D eigenvalue weighted by Gasteiger charge is 2.31. The summed E-state index contributed by atoms with van der Waals surface area (Å²) in [4.78, 5) is 0.